The van der Waals surface area contributed by atoms with Gasteiger partial charge in [0, 0.05) is 24.7 Å². The molecule has 3 unspecified atom stereocenters. The Labute approximate surface area is 181 Å². The fourth-order valence-electron chi connectivity index (χ4n) is 2.48. The zero-order chi connectivity index (χ0) is 24.3. The van der Waals surface area contributed by atoms with E-state index in [0.29, 0.717) is 5.69 Å². The minimum Gasteiger partial charge on any atom is -0.481 e. The Kier molecular flexibility index (Phi) is 10.3. The predicted octanol–water partition coefficient (Wildman–Crippen LogP) is -3.81. The number of aromatic nitrogens is 2. The molecule has 3 atom stereocenters. The predicted molar refractivity (Wildman–Crippen MR) is 105 cm³/mol. The van der Waals surface area contributed by atoms with Crippen LogP contribution in [-0.4, -0.2) is 80.4 Å². The van der Waals surface area contributed by atoms with Crippen LogP contribution in [0, 0.1) is 0 Å². The SMILES string of the molecule is NC(=O)CC(NC(=O)C(CCC(=O)O)NC(=O)CNC(=O)C(N)Cc1cnc[nH]1)C(=O)O. The van der Waals surface area contributed by atoms with Gasteiger partial charge in [0.05, 0.1) is 25.3 Å². The molecule has 0 fully saturated rings. The van der Waals surface area contributed by atoms with Crippen LogP contribution in [0.3, 0.4) is 0 Å². The summed E-state index contributed by atoms with van der Waals surface area (Å²) in [5.41, 5.74) is 11.3. The highest BCUT2D eigenvalue weighted by molar-refractivity contribution is 5.93. The number of carboxylic acids is 2. The van der Waals surface area contributed by atoms with Gasteiger partial charge in [-0.25, -0.2) is 9.78 Å². The third kappa shape index (κ3) is 9.66. The minimum atomic E-state index is -1.66. The molecule has 0 aromatic carbocycles. The molecule has 10 N–H and O–H groups in total. The Balaban J connectivity index is 2.67. The molecule has 0 aliphatic heterocycles. The lowest BCUT2D eigenvalue weighted by molar-refractivity contribution is -0.144. The number of amides is 4. The molecule has 15 nitrogen and oxygen atoms in total. The molecule has 0 spiro atoms. The number of primary amides is 1. The third-order valence-corrected chi connectivity index (χ3v) is 4.07. The Morgan fingerprint density at radius 3 is 2.28 bits per heavy atom. The number of hydrogen-bond acceptors (Lipinski definition) is 8. The van der Waals surface area contributed by atoms with Crippen LogP contribution in [0.25, 0.3) is 0 Å². The zero-order valence-electron chi connectivity index (χ0n) is 16.9. The molecular formula is C17H25N7O8. The summed E-state index contributed by atoms with van der Waals surface area (Å²) in [6.07, 6.45) is 1.43. The molecule has 176 valence electrons. The highest BCUT2D eigenvalue weighted by Gasteiger charge is 2.28. The first-order valence-corrected chi connectivity index (χ1v) is 9.32. The van der Waals surface area contributed by atoms with Gasteiger partial charge >= 0.3 is 11.9 Å². The Morgan fingerprint density at radius 1 is 1.06 bits per heavy atom. The summed E-state index contributed by atoms with van der Waals surface area (Å²) in [7, 11) is 0. The maximum absolute atomic E-state index is 12.4. The monoisotopic (exact) mass is 455 g/mol. The van der Waals surface area contributed by atoms with Crippen molar-refractivity contribution in [1.29, 1.82) is 0 Å². The maximum atomic E-state index is 12.4. The largest absolute Gasteiger partial charge is 0.481 e. The zero-order valence-corrected chi connectivity index (χ0v) is 16.9. The summed E-state index contributed by atoms with van der Waals surface area (Å²) in [6, 6.07) is -4.09. The second kappa shape index (κ2) is 12.6. The van der Waals surface area contributed by atoms with Crippen LogP contribution in [-0.2, 0) is 35.2 Å². The summed E-state index contributed by atoms with van der Waals surface area (Å²) < 4.78 is 0. The van der Waals surface area contributed by atoms with Crippen LogP contribution in [0.15, 0.2) is 12.5 Å². The number of imidazole rings is 1. The van der Waals surface area contributed by atoms with E-state index in [-0.39, 0.29) is 12.8 Å². The number of rotatable bonds is 14. The molecule has 0 bridgehead atoms. The molecule has 0 aliphatic carbocycles. The molecule has 0 saturated heterocycles. The van der Waals surface area contributed by atoms with E-state index in [4.69, 9.17) is 21.7 Å². The van der Waals surface area contributed by atoms with E-state index in [0.717, 1.165) is 0 Å². The van der Waals surface area contributed by atoms with Gasteiger partial charge in [-0.2, -0.15) is 0 Å². The van der Waals surface area contributed by atoms with Crippen LogP contribution < -0.4 is 27.4 Å². The topological polar surface area (TPSA) is 260 Å². The van der Waals surface area contributed by atoms with Crippen molar-refractivity contribution >= 4 is 35.6 Å². The third-order valence-electron chi connectivity index (χ3n) is 4.07. The molecule has 4 amide bonds. The summed E-state index contributed by atoms with van der Waals surface area (Å²) in [4.78, 5) is 76.0. The van der Waals surface area contributed by atoms with Crippen LogP contribution in [0.1, 0.15) is 25.0 Å². The standard InChI is InChI=1S/C17H25N7O8/c18-9(3-8-5-20-7-22-8)15(29)21-6-13(26)23-10(1-2-14(27)28)16(30)24-11(17(31)32)4-12(19)25/h5,7,9-11H,1-4,6,18H2,(H2,19,25)(H,20,22)(H,21,29)(H,23,26)(H,24,30)(H,27,28)(H,31,32). The number of hydrogen-bond donors (Lipinski definition) is 8. The van der Waals surface area contributed by atoms with Crippen LogP contribution in [0.5, 0.6) is 0 Å². The average Bonchev–Trinajstić information content (AvgIpc) is 3.20. The van der Waals surface area contributed by atoms with Crippen molar-refractivity contribution in [2.45, 2.75) is 43.8 Å². The molecule has 1 aromatic heterocycles. The van der Waals surface area contributed by atoms with Gasteiger partial charge in [0.15, 0.2) is 0 Å². The molecule has 0 saturated carbocycles. The molecule has 1 heterocycles. The van der Waals surface area contributed by atoms with Crippen molar-refractivity contribution < 1.29 is 39.0 Å². The lowest BCUT2D eigenvalue weighted by Crippen LogP contribution is -2.54. The first-order chi connectivity index (χ1) is 15.0. The van der Waals surface area contributed by atoms with E-state index in [1.807, 2.05) is 5.32 Å². The molecule has 1 aromatic rings. The van der Waals surface area contributed by atoms with Crippen molar-refractivity contribution in [3.05, 3.63) is 18.2 Å². The summed E-state index contributed by atoms with van der Waals surface area (Å²) in [5, 5.41) is 24.4. The lowest BCUT2D eigenvalue weighted by Gasteiger charge is -2.21. The van der Waals surface area contributed by atoms with Crippen molar-refractivity contribution in [3.8, 4) is 0 Å². The normalized spacial score (nSPS) is 13.3. The second-order valence-corrected chi connectivity index (χ2v) is 6.73. The number of nitrogens with two attached hydrogens (primary N) is 2. The van der Waals surface area contributed by atoms with Crippen LogP contribution in [0.2, 0.25) is 0 Å². The molecule has 32 heavy (non-hydrogen) atoms. The van der Waals surface area contributed by atoms with E-state index >= 15 is 0 Å². The number of H-pyrrole nitrogens is 1. The fourth-order valence-corrected chi connectivity index (χ4v) is 2.48. The van der Waals surface area contributed by atoms with Gasteiger partial charge in [0.1, 0.15) is 12.1 Å². The van der Waals surface area contributed by atoms with Crippen molar-refractivity contribution in [2.75, 3.05) is 6.54 Å². The average molecular weight is 455 g/mol. The quantitative estimate of drug-likeness (QED) is 0.135. The first-order valence-electron chi connectivity index (χ1n) is 9.32. The smallest absolute Gasteiger partial charge is 0.326 e. The second-order valence-electron chi connectivity index (χ2n) is 6.73. The van der Waals surface area contributed by atoms with Crippen LogP contribution >= 0.6 is 0 Å². The van der Waals surface area contributed by atoms with E-state index in [9.17, 15) is 28.8 Å². The summed E-state index contributed by atoms with van der Waals surface area (Å²) >= 11 is 0. The van der Waals surface area contributed by atoms with Crippen molar-refractivity contribution in [2.24, 2.45) is 11.5 Å². The number of aromatic amines is 1. The van der Waals surface area contributed by atoms with Gasteiger partial charge in [0.2, 0.25) is 23.6 Å². The number of nitrogens with one attached hydrogen (secondary N) is 4. The Hall–Kier alpha value is -4.01. The van der Waals surface area contributed by atoms with Crippen molar-refractivity contribution in [1.82, 2.24) is 25.9 Å². The van der Waals surface area contributed by atoms with E-state index in [2.05, 4.69) is 20.6 Å². The van der Waals surface area contributed by atoms with Gasteiger partial charge in [-0.1, -0.05) is 0 Å². The molecule has 1 rings (SSSR count). The van der Waals surface area contributed by atoms with Gasteiger partial charge in [-0.15, -0.1) is 0 Å². The van der Waals surface area contributed by atoms with E-state index in [1.54, 1.807) is 0 Å². The minimum absolute atomic E-state index is 0.132. The Morgan fingerprint density at radius 2 is 1.75 bits per heavy atom. The lowest BCUT2D eigenvalue weighted by atomic mass is 10.1. The number of aliphatic carboxylic acids is 2. The van der Waals surface area contributed by atoms with Gasteiger partial charge in [0.25, 0.3) is 0 Å². The van der Waals surface area contributed by atoms with E-state index in [1.165, 1.54) is 12.5 Å². The highest BCUT2D eigenvalue weighted by Crippen LogP contribution is 2.01. The molecular weight excluding hydrogens is 430 g/mol. The van der Waals surface area contributed by atoms with Crippen molar-refractivity contribution in [3.63, 3.8) is 0 Å². The van der Waals surface area contributed by atoms with Gasteiger partial charge in [-0.3, -0.25) is 24.0 Å². The number of carboxylic acid groups (broad SMARTS) is 2. The summed E-state index contributed by atoms with van der Waals surface area (Å²) in [6.45, 7) is -0.573. The number of nitrogens with zero attached hydrogens (tertiary/aromatic N) is 1. The maximum Gasteiger partial charge on any atom is 0.326 e. The molecule has 0 radical (unpaired) electrons. The number of carbonyl (C=O) groups excluding carboxylic acids is 4. The Bertz CT molecular complexity index is 842. The van der Waals surface area contributed by atoms with Gasteiger partial charge in [-0.05, 0) is 6.42 Å². The van der Waals surface area contributed by atoms with E-state index < -0.39 is 73.1 Å². The number of carbonyl (C=O) groups is 6. The van der Waals surface area contributed by atoms with Gasteiger partial charge < -0.3 is 42.6 Å². The first kappa shape index (κ1) is 26.0. The fraction of sp³-hybridized carbons (Fsp3) is 0.471. The molecule has 0 aliphatic rings. The molecule has 15 heteroatoms. The van der Waals surface area contributed by atoms with Crippen LogP contribution in [0.4, 0.5) is 0 Å². The highest BCUT2D eigenvalue weighted by atomic mass is 16.4. The summed E-state index contributed by atoms with van der Waals surface area (Å²) in [5.74, 6) is -6.33.